The minimum atomic E-state index is -2.31. The topological polar surface area (TPSA) is 414 Å². The Balaban J connectivity index is -0.000000463. The highest BCUT2D eigenvalue weighted by Crippen LogP contribution is 1.81. The van der Waals surface area contributed by atoms with E-state index in [1.807, 2.05) is 184 Å². The summed E-state index contributed by atoms with van der Waals surface area (Å²) in [6.45, 7) is 25.2. The van der Waals surface area contributed by atoms with E-state index in [0.717, 1.165) is 128 Å². The van der Waals surface area contributed by atoms with Gasteiger partial charge in [-0.05, 0) is 113 Å². The van der Waals surface area contributed by atoms with Gasteiger partial charge in [-0.15, -0.1) is 0 Å². The molecule has 0 fully saturated rings. The third kappa shape index (κ3) is 68.0. The van der Waals surface area contributed by atoms with Crippen LogP contribution in [0.4, 0.5) is 0 Å². The molecule has 0 saturated carbocycles. The van der Waals surface area contributed by atoms with Gasteiger partial charge in [-0.2, -0.15) is 0 Å². The first-order valence-electron chi connectivity index (χ1n) is 29.9. The maximum absolute atomic E-state index is 8.98. The second-order valence-electron chi connectivity index (χ2n) is 17.5. The van der Waals surface area contributed by atoms with E-state index in [-0.39, 0.29) is 0 Å². The molecule has 8 rings (SSSR count). The predicted octanol–water partition coefficient (Wildman–Crippen LogP) is -4.74. The Morgan fingerprint density at radius 1 is 0.228 bits per heavy atom. The van der Waals surface area contributed by atoms with Gasteiger partial charge in [-0.1, -0.05) is 92.8 Å². The van der Waals surface area contributed by atoms with Crippen molar-refractivity contribution in [3.05, 3.63) is 196 Å². The standard InChI is InChI=1S/8C7H11N2.4CBNO2/c8*1-2-6-9-7-4-3-5-8-9;4*3-1-2(4)5/h8*3-5,7H,2,6H2,1H3;;;;/q8*+1;4*-2. The fourth-order valence-corrected chi connectivity index (χ4v) is 5.78. The summed E-state index contributed by atoms with van der Waals surface area (Å²) in [5.74, 6) is 3.67. The van der Waals surface area contributed by atoms with Crippen molar-refractivity contribution in [2.75, 3.05) is 0 Å². The molecule has 8 heterocycles. The van der Waals surface area contributed by atoms with Crippen molar-refractivity contribution in [3.8, 4) is 23.9 Å². The molecule has 0 aliphatic carbocycles. The van der Waals surface area contributed by atoms with Gasteiger partial charge in [-0.3, -0.25) is 0 Å². The molecule has 0 N–H and O–H groups in total. The zero-order valence-electron chi connectivity index (χ0n) is 54.3. The molecule has 0 aliphatic heterocycles. The molecule has 28 nitrogen and oxygen atoms in total. The lowest BCUT2D eigenvalue weighted by Crippen LogP contribution is -2.43. The highest BCUT2D eigenvalue weighted by molar-refractivity contribution is 6.47. The average Bonchev–Trinajstić information content (AvgIpc) is 3.67. The van der Waals surface area contributed by atoms with Crippen LogP contribution < -0.4 is 77.6 Å². The van der Waals surface area contributed by atoms with Crippen LogP contribution in [0.3, 0.4) is 0 Å². The molecule has 0 aliphatic rings. The molecular formula is C60H88B4N20O8. The molecule has 8 aromatic heterocycles. The fraction of sp³-hybridized carbons (Fsp3) is 0.400. The molecule has 0 radical (unpaired) electrons. The highest BCUT2D eigenvalue weighted by atomic mass is 16.4. The summed E-state index contributed by atoms with van der Waals surface area (Å²) in [5.41, 5.74) is 0. The molecule has 0 spiro atoms. The van der Waals surface area contributed by atoms with E-state index in [2.05, 4.69) is 96.2 Å². The van der Waals surface area contributed by atoms with E-state index >= 15 is 0 Å². The van der Waals surface area contributed by atoms with Gasteiger partial charge >= 0.3 is 0 Å². The first-order chi connectivity index (χ1) is 44.5. The van der Waals surface area contributed by atoms with Crippen molar-refractivity contribution >= 4 is 28.5 Å². The van der Waals surface area contributed by atoms with Crippen molar-refractivity contribution in [1.82, 2.24) is 40.8 Å². The summed E-state index contributed by atoms with van der Waals surface area (Å²) in [6, 6.07) is 31.3. The van der Waals surface area contributed by atoms with Crippen LogP contribution in [0.25, 0.3) is 0 Å². The monoisotopic (exact) mass is 1260 g/mol. The van der Waals surface area contributed by atoms with Crippen LogP contribution in [-0.2, 0) is 52.4 Å². The van der Waals surface area contributed by atoms with Crippen molar-refractivity contribution < 1.29 is 77.6 Å². The smallest absolute Gasteiger partial charge is 0.196 e. The predicted molar refractivity (Wildman–Crippen MR) is 323 cm³/mol. The third-order valence-electron chi connectivity index (χ3n) is 9.41. The molecule has 0 unspecified atom stereocenters. The van der Waals surface area contributed by atoms with Crippen LogP contribution in [0.1, 0.15) is 107 Å². The number of rotatable bonds is 16. The molecule has 0 amide bonds. The Labute approximate surface area is 545 Å². The van der Waals surface area contributed by atoms with E-state index in [9.17, 15) is 0 Å². The normalized spacial score (nSPS) is 8.65. The largest absolute Gasteiger partial charge is 0.881 e. The highest BCUT2D eigenvalue weighted by Gasteiger charge is 1.99. The number of nitrogens with zero attached hydrogens (tertiary/aromatic N) is 20. The van der Waals surface area contributed by atoms with Gasteiger partial charge in [0.05, 0.1) is 49.6 Å². The lowest BCUT2D eigenvalue weighted by Gasteiger charge is -2.12. The second-order valence-corrected chi connectivity index (χ2v) is 17.5. The van der Waals surface area contributed by atoms with Gasteiger partial charge in [0.25, 0.3) is 0 Å². The Bertz CT molecular complexity index is 2380. The van der Waals surface area contributed by atoms with Gasteiger partial charge in [0, 0.05) is 128 Å². The number of hydrogen-bond donors (Lipinski definition) is 0. The SMILES string of the molecule is CCC[n+]1ccccn1.CCC[n+]1ccccn1.CCC[n+]1ccccn1.CCC[n+]1ccccn1.CCC[n+]1ccccn1.CCC[n+]1ccccn1.CCC[n+]1ccccn1.CCC[n+]1ccccn1.N#CB([O-])[O-].N#CB([O-])[O-].N#CB([O-])[O-].N#CB([O-])[O-]. The van der Waals surface area contributed by atoms with Crippen molar-refractivity contribution in [2.24, 2.45) is 0 Å². The molecule has 0 atom stereocenters. The number of aryl methyl sites for hydroxylation is 8. The third-order valence-corrected chi connectivity index (χ3v) is 9.41. The first-order valence-corrected chi connectivity index (χ1v) is 29.9. The van der Waals surface area contributed by atoms with Crippen LogP contribution >= 0.6 is 0 Å². The van der Waals surface area contributed by atoms with Crippen LogP contribution in [0.2, 0.25) is 0 Å². The van der Waals surface area contributed by atoms with Crippen LogP contribution in [-0.4, -0.2) is 69.3 Å². The van der Waals surface area contributed by atoms with E-state index < -0.39 is 28.5 Å². The maximum atomic E-state index is 8.98. The molecule has 92 heavy (non-hydrogen) atoms. The quantitative estimate of drug-likeness (QED) is 0.0647. The maximum Gasteiger partial charge on any atom is 0.196 e. The minimum Gasteiger partial charge on any atom is -0.881 e. The van der Waals surface area contributed by atoms with Crippen LogP contribution in [0, 0.1) is 44.9 Å². The van der Waals surface area contributed by atoms with Gasteiger partial charge < -0.3 is 40.2 Å². The second kappa shape index (κ2) is 70.6. The van der Waals surface area contributed by atoms with Gasteiger partial charge in [0.1, 0.15) is 0 Å². The van der Waals surface area contributed by atoms with Crippen molar-refractivity contribution in [2.45, 2.75) is 159 Å². The molecule has 488 valence electrons. The Morgan fingerprint density at radius 3 is 0.380 bits per heavy atom. The first kappa shape index (κ1) is 89.0. The summed E-state index contributed by atoms with van der Waals surface area (Å²) in [4.78, 5) is 0. The van der Waals surface area contributed by atoms with Crippen molar-refractivity contribution in [3.63, 3.8) is 0 Å². The molecule has 0 saturated heterocycles. The van der Waals surface area contributed by atoms with Gasteiger partial charge in [-0.25, -0.2) is 21.0 Å². The Morgan fingerprint density at radius 2 is 0.326 bits per heavy atom. The van der Waals surface area contributed by atoms with Crippen LogP contribution in [0.5, 0.6) is 0 Å². The zero-order chi connectivity index (χ0) is 69.4. The average molecular weight is 1260 g/mol. The lowest BCUT2D eigenvalue weighted by atomic mass is 9.97. The molecule has 32 heteroatoms. The zero-order valence-corrected chi connectivity index (χ0v) is 54.3. The minimum absolute atomic E-state index is 0.917. The number of aromatic nitrogens is 16. The summed E-state index contributed by atoms with van der Waals surface area (Å²) >= 11 is 0. The molecule has 0 aromatic carbocycles. The Hall–Kier alpha value is -9.46. The summed E-state index contributed by atoms with van der Waals surface area (Å²) in [6.07, 6.45) is 39.3. The van der Waals surface area contributed by atoms with Crippen LogP contribution in [0.15, 0.2) is 196 Å². The van der Waals surface area contributed by atoms with E-state index in [0.29, 0.717) is 0 Å². The van der Waals surface area contributed by atoms with E-state index in [4.69, 9.17) is 61.2 Å². The lowest BCUT2D eigenvalue weighted by molar-refractivity contribution is -0.754. The number of hydrogen-bond acceptors (Lipinski definition) is 20. The van der Waals surface area contributed by atoms with Gasteiger partial charge in [0.2, 0.25) is 0 Å². The molecule has 0 bridgehead atoms. The summed E-state index contributed by atoms with van der Waals surface area (Å²) < 4.78 is 15.4. The summed E-state index contributed by atoms with van der Waals surface area (Å²) in [5, 5.41) is 134. The van der Waals surface area contributed by atoms with Crippen molar-refractivity contribution in [1.29, 1.82) is 21.0 Å². The number of nitriles is 4. The van der Waals surface area contributed by atoms with E-state index in [1.54, 1.807) is 49.6 Å². The Kier molecular flexibility index (Phi) is 68.3. The van der Waals surface area contributed by atoms with Gasteiger partial charge in [0.15, 0.2) is 102 Å². The molecular weight excluding hydrogens is 1170 g/mol. The fourth-order valence-electron chi connectivity index (χ4n) is 5.78. The molecule has 8 aromatic rings. The summed E-state index contributed by atoms with van der Waals surface area (Å²) in [7, 11) is -9.24. The van der Waals surface area contributed by atoms with E-state index in [1.165, 1.54) is 0 Å².